The smallest absolute Gasteiger partial charge is 0.248 e. The summed E-state index contributed by atoms with van der Waals surface area (Å²) in [7, 11) is 0. The van der Waals surface area contributed by atoms with Crippen molar-refractivity contribution >= 4 is 39.3 Å². The second-order valence-corrected chi connectivity index (χ2v) is 5.13. The van der Waals surface area contributed by atoms with Crippen molar-refractivity contribution in [3.63, 3.8) is 0 Å². The lowest BCUT2D eigenvalue weighted by molar-refractivity contribution is -0.122. The quantitative estimate of drug-likeness (QED) is 0.613. The van der Waals surface area contributed by atoms with Crippen LogP contribution in [0.25, 0.3) is 0 Å². The molecule has 1 rings (SSSR count). The molecule has 0 aliphatic heterocycles. The van der Waals surface area contributed by atoms with E-state index in [1.54, 1.807) is 12.1 Å². The SMILES string of the molecule is FC(F)(F)C(Br)CSc1ncccc1Cl. The van der Waals surface area contributed by atoms with Crippen molar-refractivity contribution in [2.45, 2.75) is 16.0 Å². The van der Waals surface area contributed by atoms with Crippen LogP contribution in [-0.4, -0.2) is 21.7 Å². The Morgan fingerprint density at radius 1 is 1.53 bits per heavy atom. The van der Waals surface area contributed by atoms with Crippen LogP contribution in [0.3, 0.4) is 0 Å². The molecule has 1 aromatic rings. The van der Waals surface area contributed by atoms with E-state index in [9.17, 15) is 13.2 Å². The van der Waals surface area contributed by atoms with Gasteiger partial charge in [-0.25, -0.2) is 4.98 Å². The number of pyridine rings is 1. The van der Waals surface area contributed by atoms with E-state index in [4.69, 9.17) is 11.6 Å². The summed E-state index contributed by atoms with van der Waals surface area (Å²) >= 11 is 9.28. The van der Waals surface area contributed by atoms with Crippen LogP contribution < -0.4 is 0 Å². The summed E-state index contributed by atoms with van der Waals surface area (Å²) in [5, 5.41) is 0.775. The van der Waals surface area contributed by atoms with Crippen molar-refractivity contribution in [1.29, 1.82) is 0 Å². The van der Waals surface area contributed by atoms with E-state index in [1.807, 2.05) is 0 Å². The van der Waals surface area contributed by atoms with Crippen LogP contribution >= 0.6 is 39.3 Å². The van der Waals surface area contributed by atoms with Crippen LogP contribution in [0.2, 0.25) is 5.02 Å². The van der Waals surface area contributed by atoms with Crippen molar-refractivity contribution in [1.82, 2.24) is 4.98 Å². The Morgan fingerprint density at radius 2 is 2.20 bits per heavy atom. The zero-order valence-electron chi connectivity index (χ0n) is 7.26. The number of thioether (sulfide) groups is 1. The van der Waals surface area contributed by atoms with E-state index in [2.05, 4.69) is 20.9 Å². The normalized spacial score (nSPS) is 13.9. The highest BCUT2D eigenvalue weighted by Gasteiger charge is 2.37. The van der Waals surface area contributed by atoms with E-state index in [-0.39, 0.29) is 5.75 Å². The van der Waals surface area contributed by atoms with Gasteiger partial charge in [0.25, 0.3) is 0 Å². The Balaban J connectivity index is 2.55. The average Bonchev–Trinajstić information content (AvgIpc) is 2.14. The third-order valence-electron chi connectivity index (χ3n) is 1.45. The lowest BCUT2D eigenvalue weighted by Gasteiger charge is -2.13. The highest BCUT2D eigenvalue weighted by atomic mass is 79.9. The van der Waals surface area contributed by atoms with Gasteiger partial charge in [0.05, 0.1) is 5.02 Å². The van der Waals surface area contributed by atoms with Gasteiger partial charge in [0.2, 0.25) is 0 Å². The molecule has 0 fully saturated rings. The molecule has 84 valence electrons. The molecule has 0 N–H and O–H groups in total. The molecule has 1 heterocycles. The molecule has 1 atom stereocenters. The number of hydrogen-bond donors (Lipinski definition) is 0. The Morgan fingerprint density at radius 3 is 2.73 bits per heavy atom. The Labute approximate surface area is 103 Å². The number of rotatable bonds is 3. The van der Waals surface area contributed by atoms with Gasteiger partial charge in [0.1, 0.15) is 9.85 Å². The monoisotopic (exact) mass is 319 g/mol. The third kappa shape index (κ3) is 4.20. The van der Waals surface area contributed by atoms with E-state index < -0.39 is 11.0 Å². The summed E-state index contributed by atoms with van der Waals surface area (Å²) in [6.45, 7) is 0. The van der Waals surface area contributed by atoms with Crippen LogP contribution in [0.1, 0.15) is 0 Å². The molecule has 0 aliphatic carbocycles. The zero-order chi connectivity index (χ0) is 11.5. The summed E-state index contributed by atoms with van der Waals surface area (Å²) in [4.78, 5) is 2.33. The topological polar surface area (TPSA) is 12.9 Å². The van der Waals surface area contributed by atoms with E-state index >= 15 is 0 Å². The maximum atomic E-state index is 12.1. The Bertz CT molecular complexity index is 334. The predicted octanol–water partition coefficient (Wildman–Crippen LogP) is 4.15. The first-order chi connectivity index (χ1) is 6.91. The van der Waals surface area contributed by atoms with Gasteiger partial charge in [-0.2, -0.15) is 13.2 Å². The van der Waals surface area contributed by atoms with Crippen LogP contribution in [0, 0.1) is 0 Å². The first kappa shape index (κ1) is 13.1. The van der Waals surface area contributed by atoms with Gasteiger partial charge in [-0.05, 0) is 12.1 Å². The number of aromatic nitrogens is 1. The highest BCUT2D eigenvalue weighted by molar-refractivity contribution is 9.09. The van der Waals surface area contributed by atoms with Crippen LogP contribution in [0.5, 0.6) is 0 Å². The van der Waals surface area contributed by atoms with Gasteiger partial charge < -0.3 is 0 Å². The van der Waals surface area contributed by atoms with Crippen molar-refractivity contribution < 1.29 is 13.2 Å². The summed E-state index contributed by atoms with van der Waals surface area (Å²) in [5.41, 5.74) is 0. The molecule has 0 bridgehead atoms. The maximum absolute atomic E-state index is 12.1. The summed E-state index contributed by atoms with van der Waals surface area (Å²) in [6, 6.07) is 3.22. The lowest BCUT2D eigenvalue weighted by Crippen LogP contribution is -2.24. The molecular formula is C8H6BrClF3NS. The minimum atomic E-state index is -4.24. The molecule has 0 aromatic carbocycles. The van der Waals surface area contributed by atoms with Gasteiger partial charge >= 0.3 is 6.18 Å². The molecule has 1 aromatic heterocycles. The molecule has 1 nitrogen and oxygen atoms in total. The molecule has 0 aliphatic rings. The molecule has 7 heteroatoms. The third-order valence-corrected chi connectivity index (χ3v) is 4.23. The second kappa shape index (κ2) is 5.41. The number of halogens is 5. The van der Waals surface area contributed by atoms with Gasteiger partial charge in [0, 0.05) is 11.9 Å². The van der Waals surface area contributed by atoms with Crippen molar-refractivity contribution in [2.75, 3.05) is 5.75 Å². The zero-order valence-corrected chi connectivity index (χ0v) is 10.4. The van der Waals surface area contributed by atoms with Crippen molar-refractivity contribution in [3.05, 3.63) is 23.4 Å². The summed E-state index contributed by atoms with van der Waals surface area (Å²) in [5.74, 6) is -0.153. The molecule has 0 saturated heterocycles. The second-order valence-electron chi connectivity index (χ2n) is 2.61. The van der Waals surface area contributed by atoms with Gasteiger partial charge in [-0.3, -0.25) is 0 Å². The number of hydrogen-bond acceptors (Lipinski definition) is 2. The first-order valence-corrected chi connectivity index (χ1v) is 6.13. The van der Waals surface area contributed by atoms with E-state index in [0.717, 1.165) is 11.8 Å². The number of alkyl halides is 4. The average molecular weight is 321 g/mol. The fraction of sp³-hybridized carbons (Fsp3) is 0.375. The molecule has 0 spiro atoms. The van der Waals surface area contributed by atoms with Crippen molar-refractivity contribution in [2.24, 2.45) is 0 Å². The molecule has 15 heavy (non-hydrogen) atoms. The van der Waals surface area contributed by atoms with Gasteiger partial charge in [-0.15, -0.1) is 11.8 Å². The molecular weight excluding hydrogens is 315 g/mol. The molecule has 1 unspecified atom stereocenters. The van der Waals surface area contributed by atoms with E-state index in [0.29, 0.717) is 10.0 Å². The summed E-state index contributed by atoms with van der Waals surface area (Å²) in [6.07, 6.45) is -2.75. The fourth-order valence-electron chi connectivity index (χ4n) is 0.724. The largest absolute Gasteiger partial charge is 0.402 e. The minimum absolute atomic E-state index is 0.153. The van der Waals surface area contributed by atoms with Crippen LogP contribution in [0.15, 0.2) is 23.4 Å². The first-order valence-electron chi connectivity index (χ1n) is 3.85. The number of nitrogens with zero attached hydrogens (tertiary/aromatic N) is 1. The maximum Gasteiger partial charge on any atom is 0.402 e. The Hall–Kier alpha value is 0.0600. The van der Waals surface area contributed by atoms with Crippen LogP contribution in [0.4, 0.5) is 13.2 Å². The van der Waals surface area contributed by atoms with E-state index in [1.165, 1.54) is 6.20 Å². The minimum Gasteiger partial charge on any atom is -0.248 e. The molecule has 0 saturated carbocycles. The summed E-state index contributed by atoms with van der Waals surface area (Å²) < 4.78 is 36.4. The molecule has 0 radical (unpaired) electrons. The predicted molar refractivity (Wildman–Crippen MR) is 58.7 cm³/mol. The van der Waals surface area contributed by atoms with Gasteiger partial charge in [-0.1, -0.05) is 27.5 Å². The highest BCUT2D eigenvalue weighted by Crippen LogP contribution is 2.32. The Kier molecular flexibility index (Phi) is 4.73. The van der Waals surface area contributed by atoms with Crippen LogP contribution in [-0.2, 0) is 0 Å². The van der Waals surface area contributed by atoms with Crippen molar-refractivity contribution in [3.8, 4) is 0 Å². The molecule has 0 amide bonds. The van der Waals surface area contributed by atoms with Gasteiger partial charge in [0.15, 0.2) is 0 Å². The standard InChI is InChI=1S/C8H6BrClF3NS/c9-6(8(11,12)13)4-15-7-5(10)2-1-3-14-7/h1-3,6H,4H2. The fourth-order valence-corrected chi connectivity index (χ4v) is 2.24. The lowest BCUT2D eigenvalue weighted by atomic mass is 10.5.